The maximum atomic E-state index is 8.75. The van der Waals surface area contributed by atoms with Crippen LogP contribution >= 0.6 is 0 Å². The van der Waals surface area contributed by atoms with Gasteiger partial charge in [-0.05, 0) is 50.7 Å². The fourth-order valence-corrected chi connectivity index (χ4v) is 3.01. The Morgan fingerprint density at radius 2 is 2.00 bits per heavy atom. The van der Waals surface area contributed by atoms with Crippen LogP contribution in [0.3, 0.4) is 0 Å². The number of nitrogens with zero attached hydrogens (tertiary/aromatic N) is 3. The highest BCUT2D eigenvalue weighted by Crippen LogP contribution is 2.20. The molecule has 0 saturated carbocycles. The summed E-state index contributed by atoms with van der Waals surface area (Å²) >= 11 is 0. The molecular weight excluding hydrogens is 262 g/mol. The van der Waals surface area contributed by atoms with Gasteiger partial charge in [-0.25, -0.2) is 0 Å². The van der Waals surface area contributed by atoms with Crippen LogP contribution in [-0.4, -0.2) is 56.2 Å². The summed E-state index contributed by atoms with van der Waals surface area (Å²) in [5, 5.41) is 8.75. The van der Waals surface area contributed by atoms with Gasteiger partial charge in [0.1, 0.15) is 5.75 Å². The monoisotopic (exact) mass is 287 g/mol. The summed E-state index contributed by atoms with van der Waals surface area (Å²) < 4.78 is 5.72. The van der Waals surface area contributed by atoms with E-state index in [4.69, 9.17) is 10.00 Å². The quantitative estimate of drug-likeness (QED) is 0.752. The number of likely N-dealkylation sites (N-methyl/N-ethyl adjacent to an activating group) is 1. The van der Waals surface area contributed by atoms with E-state index in [1.807, 2.05) is 12.1 Å². The Morgan fingerprint density at radius 3 is 2.57 bits per heavy atom. The predicted octanol–water partition coefficient (Wildman–Crippen LogP) is 2.21. The summed E-state index contributed by atoms with van der Waals surface area (Å²) in [4.78, 5) is 4.86. The van der Waals surface area contributed by atoms with Crippen LogP contribution in [0.1, 0.15) is 18.9 Å². The van der Waals surface area contributed by atoms with E-state index in [1.165, 1.54) is 6.54 Å². The molecule has 4 heteroatoms. The molecule has 2 unspecified atom stereocenters. The third-order valence-electron chi connectivity index (χ3n) is 4.18. The molecule has 114 valence electrons. The zero-order valence-electron chi connectivity index (χ0n) is 13.2. The van der Waals surface area contributed by atoms with Crippen molar-refractivity contribution >= 4 is 0 Å². The van der Waals surface area contributed by atoms with E-state index in [-0.39, 0.29) is 0 Å². The molecule has 2 rings (SSSR count). The minimum Gasteiger partial charge on any atom is -0.494 e. The van der Waals surface area contributed by atoms with Crippen LogP contribution in [0, 0.1) is 17.2 Å². The average molecular weight is 287 g/mol. The van der Waals surface area contributed by atoms with E-state index in [0.717, 1.165) is 37.8 Å². The van der Waals surface area contributed by atoms with E-state index >= 15 is 0 Å². The first-order valence-corrected chi connectivity index (χ1v) is 7.62. The predicted molar refractivity (Wildman–Crippen MR) is 84.3 cm³/mol. The molecule has 4 nitrogen and oxygen atoms in total. The molecule has 21 heavy (non-hydrogen) atoms. The Morgan fingerprint density at radius 1 is 1.29 bits per heavy atom. The molecule has 0 radical (unpaired) electrons. The van der Waals surface area contributed by atoms with Gasteiger partial charge in [0.25, 0.3) is 0 Å². The summed E-state index contributed by atoms with van der Waals surface area (Å²) in [6.45, 7) is 6.48. The first-order valence-electron chi connectivity index (χ1n) is 7.62. The molecule has 1 fully saturated rings. The molecule has 0 aromatic heterocycles. The van der Waals surface area contributed by atoms with Crippen molar-refractivity contribution in [2.45, 2.75) is 19.4 Å². The lowest BCUT2D eigenvalue weighted by Gasteiger charge is -2.22. The van der Waals surface area contributed by atoms with Crippen molar-refractivity contribution in [1.82, 2.24) is 9.80 Å². The normalized spacial score (nSPS) is 22.4. The minimum absolute atomic E-state index is 0.670. The van der Waals surface area contributed by atoms with Gasteiger partial charge in [-0.2, -0.15) is 5.26 Å². The van der Waals surface area contributed by atoms with Gasteiger partial charge in [0.05, 0.1) is 18.2 Å². The minimum atomic E-state index is 0.670. The molecule has 1 saturated heterocycles. The Balaban J connectivity index is 1.67. The fourth-order valence-electron chi connectivity index (χ4n) is 3.01. The van der Waals surface area contributed by atoms with Crippen LogP contribution in [0.2, 0.25) is 0 Å². The molecule has 2 atom stereocenters. The maximum absolute atomic E-state index is 8.75. The van der Waals surface area contributed by atoms with Gasteiger partial charge in [-0.1, -0.05) is 6.92 Å². The molecule has 0 amide bonds. The van der Waals surface area contributed by atoms with Gasteiger partial charge in [0, 0.05) is 25.7 Å². The molecule has 0 bridgehead atoms. The van der Waals surface area contributed by atoms with Crippen molar-refractivity contribution < 1.29 is 4.74 Å². The largest absolute Gasteiger partial charge is 0.494 e. The summed E-state index contributed by atoms with van der Waals surface area (Å²) in [6.07, 6.45) is 1.03. The number of rotatable bonds is 6. The standard InChI is InChI=1S/C17H25N3O/c1-14-12-20(13-17(14)19(2)3)9-4-10-21-16-7-5-15(11-18)6-8-16/h5-8,14,17H,4,9-10,12-13H2,1-3H3. The summed E-state index contributed by atoms with van der Waals surface area (Å²) in [5.74, 6) is 1.58. The van der Waals surface area contributed by atoms with Crippen molar-refractivity contribution in [3.63, 3.8) is 0 Å². The zero-order chi connectivity index (χ0) is 15.2. The molecule has 0 aliphatic carbocycles. The molecule has 0 spiro atoms. The molecule has 1 aromatic rings. The van der Waals surface area contributed by atoms with Crippen LogP contribution < -0.4 is 4.74 Å². The van der Waals surface area contributed by atoms with Gasteiger partial charge in [0.15, 0.2) is 0 Å². The number of hydrogen-bond acceptors (Lipinski definition) is 4. The average Bonchev–Trinajstić information content (AvgIpc) is 2.85. The smallest absolute Gasteiger partial charge is 0.119 e. The molecule has 1 aromatic carbocycles. The number of benzene rings is 1. The molecular formula is C17H25N3O. The molecule has 1 heterocycles. The Labute approximate surface area is 127 Å². The van der Waals surface area contributed by atoms with Crippen molar-refractivity contribution in [2.24, 2.45) is 5.92 Å². The van der Waals surface area contributed by atoms with E-state index < -0.39 is 0 Å². The summed E-state index contributed by atoms with van der Waals surface area (Å²) in [7, 11) is 4.33. The van der Waals surface area contributed by atoms with Gasteiger partial charge in [-0.3, -0.25) is 0 Å². The van der Waals surface area contributed by atoms with Gasteiger partial charge in [0.2, 0.25) is 0 Å². The zero-order valence-corrected chi connectivity index (χ0v) is 13.2. The fraction of sp³-hybridized carbons (Fsp3) is 0.588. The Hall–Kier alpha value is -1.57. The SMILES string of the molecule is CC1CN(CCCOc2ccc(C#N)cc2)CC1N(C)C. The third-order valence-corrected chi connectivity index (χ3v) is 4.18. The Bertz CT molecular complexity index is 478. The van der Waals surface area contributed by atoms with Crippen molar-refractivity contribution in [3.05, 3.63) is 29.8 Å². The van der Waals surface area contributed by atoms with Crippen molar-refractivity contribution in [3.8, 4) is 11.8 Å². The van der Waals surface area contributed by atoms with E-state index in [0.29, 0.717) is 11.6 Å². The van der Waals surface area contributed by atoms with Crippen LogP contribution in [0.4, 0.5) is 0 Å². The van der Waals surface area contributed by atoms with E-state index in [2.05, 4.69) is 36.9 Å². The lowest BCUT2D eigenvalue weighted by molar-refractivity contribution is 0.238. The van der Waals surface area contributed by atoms with Gasteiger partial charge < -0.3 is 14.5 Å². The number of likely N-dealkylation sites (tertiary alicyclic amines) is 1. The van der Waals surface area contributed by atoms with Crippen molar-refractivity contribution in [1.29, 1.82) is 5.26 Å². The van der Waals surface area contributed by atoms with Crippen LogP contribution in [0.25, 0.3) is 0 Å². The lowest BCUT2D eigenvalue weighted by Crippen LogP contribution is -2.34. The van der Waals surface area contributed by atoms with Crippen molar-refractivity contribution in [2.75, 3.05) is 40.3 Å². The second-order valence-electron chi connectivity index (χ2n) is 6.11. The number of nitriles is 1. The highest BCUT2D eigenvalue weighted by Gasteiger charge is 2.30. The molecule has 1 aliphatic rings. The van der Waals surface area contributed by atoms with E-state index in [9.17, 15) is 0 Å². The second kappa shape index (κ2) is 7.44. The number of hydrogen-bond donors (Lipinski definition) is 0. The summed E-state index contributed by atoms with van der Waals surface area (Å²) in [6, 6.07) is 10.1. The van der Waals surface area contributed by atoms with Gasteiger partial charge >= 0.3 is 0 Å². The summed E-state index contributed by atoms with van der Waals surface area (Å²) in [5.41, 5.74) is 0.670. The highest BCUT2D eigenvalue weighted by atomic mass is 16.5. The first kappa shape index (κ1) is 15.8. The highest BCUT2D eigenvalue weighted by molar-refractivity contribution is 5.34. The van der Waals surface area contributed by atoms with Crippen LogP contribution in [0.15, 0.2) is 24.3 Å². The second-order valence-corrected chi connectivity index (χ2v) is 6.11. The van der Waals surface area contributed by atoms with E-state index in [1.54, 1.807) is 12.1 Å². The first-order chi connectivity index (χ1) is 10.1. The van der Waals surface area contributed by atoms with Crippen LogP contribution in [0.5, 0.6) is 5.75 Å². The lowest BCUT2D eigenvalue weighted by atomic mass is 10.1. The van der Waals surface area contributed by atoms with Crippen LogP contribution in [-0.2, 0) is 0 Å². The number of ether oxygens (including phenoxy) is 1. The van der Waals surface area contributed by atoms with Gasteiger partial charge in [-0.15, -0.1) is 0 Å². The molecule has 1 aliphatic heterocycles. The third kappa shape index (κ3) is 4.45. The Kier molecular flexibility index (Phi) is 5.60. The molecule has 0 N–H and O–H groups in total. The maximum Gasteiger partial charge on any atom is 0.119 e. The topological polar surface area (TPSA) is 39.5 Å².